The molecule has 1 saturated heterocycles. The van der Waals surface area contributed by atoms with Crippen LogP contribution in [-0.4, -0.2) is 35.0 Å². The van der Waals surface area contributed by atoms with Gasteiger partial charge in [0, 0.05) is 24.6 Å². The maximum absolute atomic E-state index is 12.4. The van der Waals surface area contributed by atoms with E-state index in [9.17, 15) is 14.9 Å². The summed E-state index contributed by atoms with van der Waals surface area (Å²) in [7, 11) is 0. The minimum atomic E-state index is -0.392. The van der Waals surface area contributed by atoms with Gasteiger partial charge < -0.3 is 0 Å². The molecule has 2 aromatic carbocycles. The lowest BCUT2D eigenvalue weighted by molar-refractivity contribution is -0.384. The highest BCUT2D eigenvalue weighted by Gasteiger charge is 2.24. The number of piperidine rings is 1. The third kappa shape index (κ3) is 5.97. The summed E-state index contributed by atoms with van der Waals surface area (Å²) in [6.07, 6.45) is 3.22. The second-order valence-electron chi connectivity index (χ2n) is 8.03. The average Bonchev–Trinajstić information content (AvgIpc) is 2.75. The largest absolute Gasteiger partial charge is 0.299 e. The lowest BCUT2D eigenvalue weighted by Gasteiger charge is -2.30. The van der Waals surface area contributed by atoms with E-state index in [0.29, 0.717) is 5.92 Å². The zero-order valence-electron chi connectivity index (χ0n) is 17.5. The van der Waals surface area contributed by atoms with Crippen LogP contribution < -0.4 is 5.43 Å². The van der Waals surface area contributed by atoms with Gasteiger partial charge in [-0.1, -0.05) is 50.2 Å². The Bertz CT molecular complexity index is 884. The van der Waals surface area contributed by atoms with E-state index in [0.717, 1.165) is 43.6 Å². The van der Waals surface area contributed by atoms with Gasteiger partial charge in [-0.15, -0.1) is 0 Å². The van der Waals surface area contributed by atoms with Crippen molar-refractivity contribution in [3.63, 3.8) is 0 Å². The number of likely N-dealkylation sites (tertiary alicyclic amines) is 1. The number of non-ortho nitro benzene ring substituents is 1. The van der Waals surface area contributed by atoms with Crippen molar-refractivity contribution in [2.45, 2.75) is 39.2 Å². The second-order valence-corrected chi connectivity index (χ2v) is 8.03. The number of rotatable bonds is 7. The summed E-state index contributed by atoms with van der Waals surface area (Å²) in [4.78, 5) is 25.0. The number of hydrogen-bond acceptors (Lipinski definition) is 5. The first-order valence-electron chi connectivity index (χ1n) is 10.3. The molecule has 1 heterocycles. The highest BCUT2D eigenvalue weighted by Crippen LogP contribution is 2.20. The number of amides is 1. The number of hydrazone groups is 1. The molecule has 0 bridgehead atoms. The fourth-order valence-corrected chi connectivity index (χ4v) is 3.56. The summed E-state index contributed by atoms with van der Waals surface area (Å²) >= 11 is 0. The van der Waals surface area contributed by atoms with Crippen LogP contribution in [0, 0.1) is 16.0 Å². The van der Waals surface area contributed by atoms with Crippen LogP contribution >= 0.6 is 0 Å². The molecule has 0 radical (unpaired) electrons. The fourth-order valence-electron chi connectivity index (χ4n) is 3.56. The van der Waals surface area contributed by atoms with Gasteiger partial charge in [0.15, 0.2) is 0 Å². The predicted octanol–water partition coefficient (Wildman–Crippen LogP) is 4.08. The third-order valence-electron chi connectivity index (χ3n) is 5.50. The van der Waals surface area contributed by atoms with Gasteiger partial charge in [-0.05, 0) is 48.5 Å². The molecule has 1 N–H and O–H groups in total. The van der Waals surface area contributed by atoms with Gasteiger partial charge in [0.2, 0.25) is 5.91 Å². The minimum Gasteiger partial charge on any atom is -0.299 e. The van der Waals surface area contributed by atoms with Crippen molar-refractivity contribution in [2.24, 2.45) is 11.0 Å². The molecule has 0 unspecified atom stereocenters. The van der Waals surface area contributed by atoms with Gasteiger partial charge >= 0.3 is 0 Å². The Morgan fingerprint density at radius 2 is 1.80 bits per heavy atom. The first-order valence-corrected chi connectivity index (χ1v) is 10.3. The topological polar surface area (TPSA) is 87.8 Å². The van der Waals surface area contributed by atoms with Gasteiger partial charge in [0.25, 0.3) is 5.69 Å². The zero-order valence-corrected chi connectivity index (χ0v) is 17.5. The Labute approximate surface area is 176 Å². The van der Waals surface area contributed by atoms with Crippen molar-refractivity contribution in [3.05, 3.63) is 75.3 Å². The summed E-state index contributed by atoms with van der Waals surface area (Å²) in [5, 5.41) is 14.9. The molecule has 3 rings (SSSR count). The number of benzene rings is 2. The predicted molar refractivity (Wildman–Crippen MR) is 117 cm³/mol. The van der Waals surface area contributed by atoms with Gasteiger partial charge in [-0.2, -0.15) is 5.10 Å². The van der Waals surface area contributed by atoms with Gasteiger partial charge in [0.05, 0.1) is 11.1 Å². The van der Waals surface area contributed by atoms with Crippen LogP contribution in [0.4, 0.5) is 5.69 Å². The van der Waals surface area contributed by atoms with E-state index in [4.69, 9.17) is 0 Å². The molecular weight excluding hydrogens is 380 g/mol. The van der Waals surface area contributed by atoms with Crippen molar-refractivity contribution in [2.75, 3.05) is 13.1 Å². The second kappa shape index (κ2) is 10.1. The quantitative estimate of drug-likeness (QED) is 0.425. The Kier molecular flexibility index (Phi) is 7.30. The molecular formula is C23H28N4O3. The zero-order chi connectivity index (χ0) is 21.5. The van der Waals surface area contributed by atoms with Crippen LogP contribution in [0.1, 0.15) is 49.3 Å². The third-order valence-corrected chi connectivity index (χ3v) is 5.50. The van der Waals surface area contributed by atoms with Gasteiger partial charge in [-0.3, -0.25) is 19.8 Å². The average molecular weight is 409 g/mol. The Balaban J connectivity index is 1.43. The van der Waals surface area contributed by atoms with Gasteiger partial charge in [-0.25, -0.2) is 5.43 Å². The number of nitro benzene ring substituents is 1. The lowest BCUT2D eigenvalue weighted by Crippen LogP contribution is -2.39. The maximum Gasteiger partial charge on any atom is 0.269 e. The summed E-state index contributed by atoms with van der Waals surface area (Å²) in [6, 6.07) is 14.8. The van der Waals surface area contributed by atoms with E-state index in [1.165, 1.54) is 17.7 Å². The standard InChI is InChI=1S/C23H28N4O3/c1-17(2)20-7-3-18(4-8-20)15-24-25-23(28)21-11-13-26(14-12-21)16-19-5-9-22(10-6-19)27(29)30/h3-10,15,17,21H,11-14,16H2,1-2H3,(H,25,28)/b24-15-. The summed E-state index contributed by atoms with van der Waals surface area (Å²) in [6.45, 7) is 6.67. The molecule has 1 amide bonds. The Hall–Kier alpha value is -3.06. The number of carbonyl (C=O) groups is 1. The highest BCUT2D eigenvalue weighted by molar-refractivity contribution is 5.83. The molecule has 0 aliphatic carbocycles. The van der Waals surface area contributed by atoms with Crippen LogP contribution in [0.25, 0.3) is 0 Å². The van der Waals surface area contributed by atoms with E-state index in [-0.39, 0.29) is 17.5 Å². The number of nitro groups is 1. The van der Waals surface area contributed by atoms with Crippen molar-refractivity contribution >= 4 is 17.8 Å². The molecule has 1 fully saturated rings. The lowest BCUT2D eigenvalue weighted by atomic mass is 9.96. The molecule has 0 saturated carbocycles. The van der Waals surface area contributed by atoms with Crippen LogP contribution in [0.2, 0.25) is 0 Å². The number of carbonyl (C=O) groups excluding carboxylic acids is 1. The molecule has 0 atom stereocenters. The molecule has 0 aromatic heterocycles. The molecule has 7 nitrogen and oxygen atoms in total. The molecule has 158 valence electrons. The summed E-state index contributed by atoms with van der Waals surface area (Å²) in [5.74, 6) is 0.403. The van der Waals surface area contributed by atoms with E-state index in [2.05, 4.69) is 41.4 Å². The molecule has 7 heteroatoms. The smallest absolute Gasteiger partial charge is 0.269 e. The van der Waals surface area contributed by atoms with Crippen LogP contribution in [0.3, 0.4) is 0 Å². The van der Waals surface area contributed by atoms with Crippen LogP contribution in [0.5, 0.6) is 0 Å². The number of nitrogens with zero attached hydrogens (tertiary/aromatic N) is 3. The normalized spacial score (nSPS) is 15.6. The van der Waals surface area contributed by atoms with Crippen LogP contribution in [0.15, 0.2) is 53.6 Å². The van der Waals surface area contributed by atoms with E-state index >= 15 is 0 Å². The van der Waals surface area contributed by atoms with E-state index in [1.54, 1.807) is 18.3 Å². The summed E-state index contributed by atoms with van der Waals surface area (Å²) in [5.41, 5.74) is 6.04. The van der Waals surface area contributed by atoms with Crippen molar-refractivity contribution < 1.29 is 9.72 Å². The molecule has 2 aromatic rings. The van der Waals surface area contributed by atoms with Crippen molar-refractivity contribution in [3.8, 4) is 0 Å². The van der Waals surface area contributed by atoms with Crippen LogP contribution in [-0.2, 0) is 11.3 Å². The highest BCUT2D eigenvalue weighted by atomic mass is 16.6. The van der Waals surface area contributed by atoms with Crippen molar-refractivity contribution in [1.82, 2.24) is 10.3 Å². The van der Waals surface area contributed by atoms with E-state index in [1.807, 2.05) is 12.1 Å². The Morgan fingerprint density at radius 1 is 1.17 bits per heavy atom. The number of nitrogens with one attached hydrogen (secondary N) is 1. The summed E-state index contributed by atoms with van der Waals surface area (Å²) < 4.78 is 0. The molecule has 0 spiro atoms. The van der Waals surface area contributed by atoms with Gasteiger partial charge in [0.1, 0.15) is 0 Å². The Morgan fingerprint density at radius 3 is 2.37 bits per heavy atom. The van der Waals surface area contributed by atoms with E-state index < -0.39 is 4.92 Å². The first kappa shape index (κ1) is 21.6. The first-order chi connectivity index (χ1) is 14.4. The monoisotopic (exact) mass is 408 g/mol. The minimum absolute atomic E-state index is 0.0416. The fraction of sp³-hybridized carbons (Fsp3) is 0.391. The molecule has 1 aliphatic heterocycles. The number of hydrogen-bond donors (Lipinski definition) is 1. The SMILES string of the molecule is CC(C)c1ccc(/C=N\NC(=O)C2CCN(Cc3ccc([N+](=O)[O-])cc3)CC2)cc1. The molecule has 1 aliphatic rings. The molecule has 30 heavy (non-hydrogen) atoms. The maximum atomic E-state index is 12.4. The van der Waals surface area contributed by atoms with Crippen molar-refractivity contribution in [1.29, 1.82) is 0 Å².